The van der Waals surface area contributed by atoms with E-state index in [4.69, 9.17) is 28.4 Å². The molecule has 2 fully saturated rings. The summed E-state index contributed by atoms with van der Waals surface area (Å²) in [6.07, 6.45) is 15.4. The molecule has 2 N–H and O–H groups in total. The van der Waals surface area contributed by atoms with E-state index in [1.165, 1.54) is 41.5 Å². The number of unbranched alkanes of at least 4 members (excludes halogenated alkanes) is 1. The van der Waals surface area contributed by atoms with Crippen molar-refractivity contribution in [1.29, 1.82) is 0 Å². The molecule has 0 spiro atoms. The molecule has 4 aromatic rings. The quantitative estimate of drug-likeness (QED) is 0.0338. The number of phenolic OH excluding ortho intramolecular Hbond substituents is 2. The Morgan fingerprint density at radius 3 is 1.24 bits per heavy atom. The fourth-order valence-electron chi connectivity index (χ4n) is 11.2. The molecule has 0 saturated heterocycles. The number of aromatic hydroxyl groups is 2. The molecule has 0 radical (unpaired) electrons. The zero-order valence-electron chi connectivity index (χ0n) is 48.1. The first-order valence-corrected chi connectivity index (χ1v) is 29.1. The Kier molecular flexibility index (Phi) is 26.0. The molecule has 2 saturated carbocycles. The van der Waals surface area contributed by atoms with E-state index < -0.39 is 12.6 Å². The first-order valence-electron chi connectivity index (χ1n) is 29.1. The van der Waals surface area contributed by atoms with Gasteiger partial charge in [-0.25, -0.2) is 0 Å². The van der Waals surface area contributed by atoms with Crippen molar-refractivity contribution in [1.82, 2.24) is 0 Å². The third kappa shape index (κ3) is 21.1. The van der Waals surface area contributed by atoms with Crippen LogP contribution >= 0.6 is 0 Å². The Morgan fingerprint density at radius 2 is 0.882 bits per heavy atom. The standard InChI is InChI=1S/2C33H48O5/c1-7-25(22-23(2)26-10-16-30(34)17-11-26)27-12-18-31(19-13-27)38-24(3)36-20-21-37-32(35)28-8-14-29(15-9-28)33(4,5)6;1-5-7-8-26-9-11-30(12-10-26)33(35)37-22-21-36-25(4)38-32-19-15-29(16-20-32)27(6-2)23-24(3)28-13-17-31(34)18-14-28/h10-13,16-19,23-25,28-29,34H,7-9,14-15,20-22H2,1-6H3;13-20,24-27,30,34H,5-12,21-23H2,1-4H3. The topological polar surface area (TPSA) is 130 Å². The van der Waals surface area contributed by atoms with Gasteiger partial charge in [-0.1, -0.05) is 123 Å². The van der Waals surface area contributed by atoms with Gasteiger partial charge in [-0.15, -0.1) is 0 Å². The van der Waals surface area contributed by atoms with Crippen LogP contribution in [0.3, 0.4) is 0 Å². The molecule has 2 aliphatic carbocycles. The van der Waals surface area contributed by atoms with Crippen LogP contribution in [0.25, 0.3) is 0 Å². The molecular weight excluding hydrogens is 953 g/mol. The summed E-state index contributed by atoms with van der Waals surface area (Å²) in [5.41, 5.74) is 5.38. The van der Waals surface area contributed by atoms with Gasteiger partial charge in [0, 0.05) is 0 Å². The van der Waals surface area contributed by atoms with Crippen molar-refractivity contribution in [2.24, 2.45) is 29.1 Å². The number of hydrogen-bond acceptors (Lipinski definition) is 10. The molecule has 4 aromatic carbocycles. The highest BCUT2D eigenvalue weighted by molar-refractivity contribution is 5.73. The summed E-state index contributed by atoms with van der Waals surface area (Å²) in [7, 11) is 0. The SMILES string of the molecule is CCC(CC(C)c1ccc(O)cc1)c1ccc(OC(C)OCCOC(=O)C2CCC(C(C)(C)C)CC2)cc1.CCCCC1CCC(C(=O)OCCOC(C)Oc2ccc(C(CC)CC(C)c3ccc(O)cc3)cc2)CC1. The van der Waals surface area contributed by atoms with E-state index in [9.17, 15) is 19.8 Å². The Hall–Kier alpha value is -5.06. The Labute approximate surface area is 458 Å². The van der Waals surface area contributed by atoms with E-state index in [1.807, 2.05) is 62.4 Å². The van der Waals surface area contributed by atoms with Gasteiger partial charge in [-0.2, -0.15) is 0 Å². The van der Waals surface area contributed by atoms with Gasteiger partial charge in [-0.05, 0) is 203 Å². The maximum absolute atomic E-state index is 12.4. The number of carbonyl (C=O) groups excluding carboxylic acids is 2. The second-order valence-corrected chi connectivity index (χ2v) is 23.0. The van der Waals surface area contributed by atoms with Crippen LogP contribution in [0.1, 0.15) is 211 Å². The van der Waals surface area contributed by atoms with Gasteiger partial charge >= 0.3 is 11.9 Å². The van der Waals surface area contributed by atoms with Crippen molar-refractivity contribution in [3.05, 3.63) is 119 Å². The normalized spacial score (nSPS) is 20.1. The van der Waals surface area contributed by atoms with Crippen LogP contribution in [0, 0.1) is 29.1 Å². The molecule has 0 amide bonds. The van der Waals surface area contributed by atoms with Crippen LogP contribution in [-0.2, 0) is 28.5 Å². The molecule has 0 aliphatic heterocycles. The van der Waals surface area contributed by atoms with E-state index in [1.54, 1.807) is 24.3 Å². The van der Waals surface area contributed by atoms with E-state index >= 15 is 0 Å². The first kappa shape index (κ1) is 61.8. The largest absolute Gasteiger partial charge is 0.508 e. The molecule has 6 atom stereocenters. The molecule has 2 aliphatic rings. The summed E-state index contributed by atoms with van der Waals surface area (Å²) in [5.74, 6) is 5.21. The summed E-state index contributed by atoms with van der Waals surface area (Å²) >= 11 is 0. The fourth-order valence-corrected chi connectivity index (χ4v) is 11.2. The van der Waals surface area contributed by atoms with Gasteiger partial charge in [0.2, 0.25) is 0 Å². The van der Waals surface area contributed by atoms with Crippen molar-refractivity contribution < 1.29 is 48.2 Å². The first-order chi connectivity index (χ1) is 36.5. The molecule has 420 valence electrons. The summed E-state index contributed by atoms with van der Waals surface area (Å²) in [4.78, 5) is 24.9. The average Bonchev–Trinajstić information content (AvgIpc) is 3.42. The molecule has 0 heterocycles. The van der Waals surface area contributed by atoms with Crippen molar-refractivity contribution >= 4 is 11.9 Å². The number of benzene rings is 4. The van der Waals surface area contributed by atoms with Gasteiger partial charge in [0.25, 0.3) is 0 Å². The molecule has 0 aromatic heterocycles. The van der Waals surface area contributed by atoms with Crippen LogP contribution in [0.2, 0.25) is 0 Å². The van der Waals surface area contributed by atoms with Crippen LogP contribution in [-0.4, -0.2) is 61.2 Å². The predicted molar refractivity (Wildman–Crippen MR) is 305 cm³/mol. The third-order valence-corrected chi connectivity index (χ3v) is 16.3. The highest BCUT2D eigenvalue weighted by Gasteiger charge is 2.33. The lowest BCUT2D eigenvalue weighted by Crippen LogP contribution is -2.30. The van der Waals surface area contributed by atoms with Crippen LogP contribution < -0.4 is 9.47 Å². The molecule has 6 unspecified atom stereocenters. The number of ether oxygens (including phenoxy) is 6. The molecule has 10 nitrogen and oxygen atoms in total. The molecule has 0 bridgehead atoms. The number of carbonyl (C=O) groups is 2. The van der Waals surface area contributed by atoms with Crippen LogP contribution in [0.15, 0.2) is 97.1 Å². The minimum Gasteiger partial charge on any atom is -0.508 e. The molecular formula is C66H96O10. The fraction of sp³-hybridized carbons (Fsp3) is 0.606. The monoisotopic (exact) mass is 1050 g/mol. The Morgan fingerprint density at radius 1 is 0.513 bits per heavy atom. The lowest BCUT2D eigenvalue weighted by Gasteiger charge is -2.36. The van der Waals surface area contributed by atoms with Gasteiger partial charge in [0.15, 0.2) is 12.6 Å². The summed E-state index contributed by atoms with van der Waals surface area (Å²) in [6, 6.07) is 31.6. The van der Waals surface area contributed by atoms with Gasteiger partial charge in [0.1, 0.15) is 36.2 Å². The molecule has 10 heteroatoms. The van der Waals surface area contributed by atoms with Crippen molar-refractivity contribution in [3.63, 3.8) is 0 Å². The Bertz CT molecular complexity index is 2220. The minimum absolute atomic E-state index is 0.0248. The average molecular weight is 1050 g/mol. The van der Waals surface area contributed by atoms with Crippen molar-refractivity contribution in [2.45, 2.75) is 202 Å². The summed E-state index contributed by atoms with van der Waals surface area (Å²) < 4.78 is 34.3. The van der Waals surface area contributed by atoms with Gasteiger partial charge < -0.3 is 38.6 Å². The van der Waals surface area contributed by atoms with Gasteiger partial charge in [-0.3, -0.25) is 9.59 Å². The number of phenols is 2. The minimum atomic E-state index is -0.432. The van der Waals surface area contributed by atoms with E-state index in [0.717, 1.165) is 94.5 Å². The maximum Gasteiger partial charge on any atom is 0.309 e. The highest BCUT2D eigenvalue weighted by Crippen LogP contribution is 2.41. The maximum atomic E-state index is 12.4. The van der Waals surface area contributed by atoms with Crippen LogP contribution in [0.4, 0.5) is 0 Å². The second-order valence-electron chi connectivity index (χ2n) is 23.0. The molecule has 6 rings (SSSR count). The summed E-state index contributed by atoms with van der Waals surface area (Å²) in [6.45, 7) is 22.9. The smallest absolute Gasteiger partial charge is 0.309 e. The van der Waals surface area contributed by atoms with Crippen molar-refractivity contribution in [2.75, 3.05) is 26.4 Å². The van der Waals surface area contributed by atoms with E-state index in [-0.39, 0.29) is 37.0 Å². The van der Waals surface area contributed by atoms with E-state index in [2.05, 4.69) is 79.7 Å². The van der Waals surface area contributed by atoms with E-state index in [0.29, 0.717) is 59.7 Å². The Balaban J connectivity index is 0.000000281. The zero-order chi connectivity index (χ0) is 55.0. The lowest BCUT2D eigenvalue weighted by atomic mass is 9.70. The lowest BCUT2D eigenvalue weighted by molar-refractivity contribution is -0.155. The predicted octanol–water partition coefficient (Wildman–Crippen LogP) is 16.6. The third-order valence-electron chi connectivity index (χ3n) is 16.3. The number of rotatable bonds is 27. The second kappa shape index (κ2) is 32.0. The number of hydrogen-bond donors (Lipinski definition) is 2. The molecule has 76 heavy (non-hydrogen) atoms. The van der Waals surface area contributed by atoms with Crippen LogP contribution in [0.5, 0.6) is 23.0 Å². The zero-order valence-corrected chi connectivity index (χ0v) is 48.1. The highest BCUT2D eigenvalue weighted by atomic mass is 16.7. The van der Waals surface area contributed by atoms with Crippen molar-refractivity contribution in [3.8, 4) is 23.0 Å². The number of esters is 2. The summed E-state index contributed by atoms with van der Waals surface area (Å²) in [5, 5.41) is 19.1. The van der Waals surface area contributed by atoms with Gasteiger partial charge in [0.05, 0.1) is 25.0 Å².